The smallest absolute Gasteiger partial charge is 0.263 e. The normalized spacial score (nSPS) is 13.0. The summed E-state index contributed by atoms with van der Waals surface area (Å²) in [6.45, 7) is 1.32. The third-order valence-electron chi connectivity index (χ3n) is 5.96. The number of fused-ring (bicyclic) bond motifs is 3. The molecule has 0 saturated heterocycles. The van der Waals surface area contributed by atoms with Gasteiger partial charge < -0.3 is 5.32 Å². The van der Waals surface area contributed by atoms with E-state index in [-0.39, 0.29) is 23.8 Å². The Morgan fingerprint density at radius 2 is 1.85 bits per heavy atom. The highest BCUT2D eigenvalue weighted by atomic mass is 32.1. The largest absolute Gasteiger partial charge is 0.325 e. The lowest BCUT2D eigenvalue weighted by molar-refractivity contribution is -0.116. The summed E-state index contributed by atoms with van der Waals surface area (Å²) < 4.78 is 1.48. The number of carbonyl (C=O) groups is 2. The quantitative estimate of drug-likeness (QED) is 0.435. The summed E-state index contributed by atoms with van der Waals surface area (Å²) in [7, 11) is 0. The lowest BCUT2D eigenvalue weighted by Crippen LogP contribution is -2.30. The Morgan fingerprint density at radius 3 is 2.64 bits per heavy atom. The molecule has 0 fully saturated rings. The maximum absolute atomic E-state index is 13.7. The van der Waals surface area contributed by atoms with Crippen LogP contribution in [0, 0.1) is 0 Å². The number of Topliss-reactive ketones (excluding diaryl/α,β-unsaturated/α-hetero) is 1. The highest BCUT2D eigenvalue weighted by Gasteiger charge is 2.23. The van der Waals surface area contributed by atoms with Crippen LogP contribution in [0.15, 0.2) is 59.4 Å². The summed E-state index contributed by atoms with van der Waals surface area (Å²) in [4.78, 5) is 45.2. The molecular weight excluding hydrogens is 434 g/mol. The molecule has 1 aliphatic rings. The molecule has 6 nitrogen and oxygen atoms in total. The first-order valence-electron chi connectivity index (χ1n) is 11.0. The van der Waals surface area contributed by atoms with Crippen molar-refractivity contribution in [1.29, 1.82) is 0 Å². The van der Waals surface area contributed by atoms with E-state index >= 15 is 0 Å². The van der Waals surface area contributed by atoms with Crippen LogP contribution < -0.4 is 10.9 Å². The fourth-order valence-corrected chi connectivity index (χ4v) is 5.60. The predicted octanol–water partition coefficient (Wildman–Crippen LogP) is 4.85. The van der Waals surface area contributed by atoms with Gasteiger partial charge in [0, 0.05) is 21.7 Å². The summed E-state index contributed by atoms with van der Waals surface area (Å²) in [5, 5.41) is 3.47. The Kier molecular flexibility index (Phi) is 5.64. The third-order valence-corrected chi connectivity index (χ3v) is 7.15. The summed E-state index contributed by atoms with van der Waals surface area (Å²) >= 11 is 1.60. The van der Waals surface area contributed by atoms with Gasteiger partial charge in [0.1, 0.15) is 17.2 Å². The number of carbonyl (C=O) groups excluding carboxylic acids is 2. The fraction of sp³-hybridized carbons (Fsp3) is 0.231. The van der Waals surface area contributed by atoms with Gasteiger partial charge in [-0.3, -0.25) is 19.0 Å². The van der Waals surface area contributed by atoms with E-state index in [1.165, 1.54) is 16.4 Å². The summed E-state index contributed by atoms with van der Waals surface area (Å²) in [6, 6.07) is 16.3. The SMILES string of the molecule is CC(=O)c1cccc(NC(=O)Cn2c(-c3ccccc3)nc3sc4c(c3c2=O)CCCC4)c1. The average Bonchev–Trinajstić information content (AvgIpc) is 3.20. The molecule has 1 aliphatic carbocycles. The molecule has 4 aromatic rings. The van der Waals surface area contributed by atoms with E-state index in [9.17, 15) is 14.4 Å². The number of aromatic nitrogens is 2. The number of hydrogen-bond acceptors (Lipinski definition) is 5. The molecule has 33 heavy (non-hydrogen) atoms. The third kappa shape index (κ3) is 4.12. The molecule has 0 unspecified atom stereocenters. The first-order chi connectivity index (χ1) is 16.0. The van der Waals surface area contributed by atoms with E-state index in [4.69, 9.17) is 4.98 Å². The average molecular weight is 458 g/mol. The Bertz CT molecular complexity index is 1440. The Hall–Kier alpha value is -3.58. The van der Waals surface area contributed by atoms with Crippen molar-refractivity contribution in [2.24, 2.45) is 0 Å². The Morgan fingerprint density at radius 1 is 1.06 bits per heavy atom. The zero-order valence-corrected chi connectivity index (χ0v) is 19.1. The standard InChI is InChI=1S/C26H23N3O3S/c1-16(30)18-10-7-11-19(14-18)27-22(31)15-29-24(17-8-3-2-4-9-17)28-25-23(26(29)32)20-12-5-6-13-21(20)33-25/h2-4,7-11,14H,5-6,12-13,15H2,1H3,(H,27,31). The molecule has 1 N–H and O–H groups in total. The number of anilines is 1. The van der Waals surface area contributed by atoms with E-state index in [2.05, 4.69) is 5.32 Å². The number of hydrogen-bond donors (Lipinski definition) is 1. The number of aryl methyl sites for hydroxylation is 2. The molecule has 0 spiro atoms. The molecule has 0 radical (unpaired) electrons. The van der Waals surface area contributed by atoms with Crippen LogP contribution in [-0.4, -0.2) is 21.2 Å². The number of thiophene rings is 1. The minimum absolute atomic E-state index is 0.0782. The summed E-state index contributed by atoms with van der Waals surface area (Å²) in [5.74, 6) is 0.0603. The summed E-state index contributed by atoms with van der Waals surface area (Å²) in [6.07, 6.45) is 4.04. The van der Waals surface area contributed by atoms with Gasteiger partial charge in [-0.2, -0.15) is 0 Å². The van der Waals surface area contributed by atoms with Crippen molar-refractivity contribution in [3.63, 3.8) is 0 Å². The molecule has 7 heteroatoms. The molecule has 1 amide bonds. The number of nitrogens with one attached hydrogen (secondary N) is 1. The van der Waals surface area contributed by atoms with Crippen molar-refractivity contribution in [3.05, 3.63) is 81.0 Å². The maximum Gasteiger partial charge on any atom is 0.263 e. The van der Waals surface area contributed by atoms with Gasteiger partial charge in [0.05, 0.1) is 5.39 Å². The highest BCUT2D eigenvalue weighted by Crippen LogP contribution is 2.34. The molecule has 2 heterocycles. The molecular formula is C26H23N3O3S. The number of nitrogens with zero attached hydrogens (tertiary/aromatic N) is 2. The van der Waals surface area contributed by atoms with Gasteiger partial charge in [0.2, 0.25) is 5.91 Å². The zero-order valence-electron chi connectivity index (χ0n) is 18.3. The molecule has 0 aliphatic heterocycles. The second-order valence-electron chi connectivity index (χ2n) is 8.27. The number of ketones is 1. The van der Waals surface area contributed by atoms with Crippen LogP contribution in [0.5, 0.6) is 0 Å². The van der Waals surface area contributed by atoms with Crippen molar-refractivity contribution < 1.29 is 9.59 Å². The maximum atomic E-state index is 13.7. The van der Waals surface area contributed by atoms with Crippen molar-refractivity contribution in [2.75, 3.05) is 5.32 Å². The molecule has 2 aromatic carbocycles. The van der Waals surface area contributed by atoms with Crippen LogP contribution >= 0.6 is 11.3 Å². The fourth-order valence-electron chi connectivity index (χ4n) is 4.35. The van der Waals surface area contributed by atoms with E-state index in [1.54, 1.807) is 35.6 Å². The lowest BCUT2D eigenvalue weighted by atomic mass is 9.97. The van der Waals surface area contributed by atoms with Crippen LogP contribution in [0.1, 0.15) is 40.6 Å². The van der Waals surface area contributed by atoms with E-state index in [0.29, 0.717) is 22.5 Å². The molecule has 5 rings (SSSR count). The van der Waals surface area contributed by atoms with Crippen LogP contribution in [0.2, 0.25) is 0 Å². The van der Waals surface area contributed by atoms with E-state index < -0.39 is 0 Å². The van der Waals surface area contributed by atoms with Gasteiger partial charge >= 0.3 is 0 Å². The Labute approximate surface area is 194 Å². The minimum Gasteiger partial charge on any atom is -0.325 e. The Balaban J connectivity index is 1.58. The monoisotopic (exact) mass is 457 g/mol. The summed E-state index contributed by atoms with van der Waals surface area (Å²) in [5.41, 5.74) is 2.74. The first-order valence-corrected chi connectivity index (χ1v) is 11.8. The predicted molar refractivity (Wildman–Crippen MR) is 131 cm³/mol. The number of rotatable bonds is 5. The molecule has 0 saturated carbocycles. The number of amides is 1. The van der Waals surface area contributed by atoms with Crippen LogP contribution in [0.4, 0.5) is 5.69 Å². The van der Waals surface area contributed by atoms with Crippen LogP contribution in [0.25, 0.3) is 21.6 Å². The van der Waals surface area contributed by atoms with Crippen molar-refractivity contribution in [1.82, 2.24) is 9.55 Å². The van der Waals surface area contributed by atoms with Gasteiger partial charge in [-0.05, 0) is 50.3 Å². The number of benzene rings is 2. The van der Waals surface area contributed by atoms with Gasteiger partial charge in [-0.1, -0.05) is 42.5 Å². The topological polar surface area (TPSA) is 81.1 Å². The van der Waals surface area contributed by atoms with Crippen molar-refractivity contribution in [2.45, 2.75) is 39.2 Å². The first kappa shape index (κ1) is 21.3. The lowest BCUT2D eigenvalue weighted by Gasteiger charge is -2.14. The van der Waals surface area contributed by atoms with E-state index in [0.717, 1.165) is 41.6 Å². The second kappa shape index (κ2) is 8.75. The molecule has 0 bridgehead atoms. The van der Waals surface area contributed by atoms with Gasteiger partial charge in [-0.15, -0.1) is 11.3 Å². The molecule has 166 valence electrons. The second-order valence-corrected chi connectivity index (χ2v) is 9.35. The van der Waals surface area contributed by atoms with Crippen molar-refractivity contribution in [3.8, 4) is 11.4 Å². The van der Waals surface area contributed by atoms with Gasteiger partial charge in [0.25, 0.3) is 5.56 Å². The minimum atomic E-state index is -0.347. The zero-order chi connectivity index (χ0) is 22.9. The van der Waals surface area contributed by atoms with Crippen molar-refractivity contribution >= 4 is 38.9 Å². The molecule has 0 atom stereocenters. The van der Waals surface area contributed by atoms with E-state index in [1.807, 2.05) is 30.3 Å². The van der Waals surface area contributed by atoms with Gasteiger partial charge in [-0.25, -0.2) is 4.98 Å². The van der Waals surface area contributed by atoms with Gasteiger partial charge in [0.15, 0.2) is 5.78 Å². The highest BCUT2D eigenvalue weighted by molar-refractivity contribution is 7.18. The molecule has 2 aromatic heterocycles. The van der Waals surface area contributed by atoms with Crippen LogP contribution in [-0.2, 0) is 24.2 Å². The van der Waals surface area contributed by atoms with Crippen LogP contribution in [0.3, 0.4) is 0 Å².